The third-order valence-corrected chi connectivity index (χ3v) is 2.84. The second-order valence-corrected chi connectivity index (χ2v) is 4.11. The van der Waals surface area contributed by atoms with E-state index in [1.807, 2.05) is 0 Å². The molecule has 4 heteroatoms. The van der Waals surface area contributed by atoms with Gasteiger partial charge in [-0.2, -0.15) is 0 Å². The zero-order valence-electron chi connectivity index (χ0n) is 9.06. The van der Waals surface area contributed by atoms with Crippen LogP contribution < -0.4 is 10.5 Å². The van der Waals surface area contributed by atoms with Crippen LogP contribution >= 0.6 is 12.4 Å². The zero-order chi connectivity index (χ0) is 10.7. The Morgan fingerprint density at radius 1 is 1.06 bits per heavy atom. The van der Waals surface area contributed by atoms with Gasteiger partial charge >= 0.3 is 0 Å². The molecule has 1 aliphatic rings. The maximum absolute atomic E-state index is 12.6. The number of nitrogens with two attached hydrogens (primary N) is 1. The molecule has 0 aliphatic heterocycles. The van der Waals surface area contributed by atoms with Crippen LogP contribution in [0.3, 0.4) is 0 Å². The van der Waals surface area contributed by atoms with Crippen LogP contribution in [-0.2, 0) is 0 Å². The molecule has 1 fully saturated rings. The fraction of sp³-hybridized carbons (Fsp3) is 0.500. The SMILES string of the molecule is Cl.NC1CCC(Oc2ccc(F)cc2)CC1. The summed E-state index contributed by atoms with van der Waals surface area (Å²) in [6.45, 7) is 0. The molecule has 2 N–H and O–H groups in total. The minimum absolute atomic E-state index is 0. The van der Waals surface area contributed by atoms with Crippen LogP contribution in [0.2, 0.25) is 0 Å². The van der Waals surface area contributed by atoms with Crippen molar-refractivity contribution in [2.45, 2.75) is 37.8 Å². The molecular weight excluding hydrogens is 229 g/mol. The van der Waals surface area contributed by atoms with Gasteiger partial charge in [-0.05, 0) is 49.9 Å². The lowest BCUT2D eigenvalue weighted by Gasteiger charge is -2.26. The van der Waals surface area contributed by atoms with Gasteiger partial charge < -0.3 is 10.5 Å². The fourth-order valence-corrected chi connectivity index (χ4v) is 1.91. The van der Waals surface area contributed by atoms with Crippen LogP contribution in [0.15, 0.2) is 24.3 Å². The Hall–Kier alpha value is -0.800. The monoisotopic (exact) mass is 245 g/mol. The van der Waals surface area contributed by atoms with Crippen LogP contribution in [0.4, 0.5) is 4.39 Å². The van der Waals surface area contributed by atoms with E-state index in [4.69, 9.17) is 10.5 Å². The third-order valence-electron chi connectivity index (χ3n) is 2.84. The maximum Gasteiger partial charge on any atom is 0.123 e. The summed E-state index contributed by atoms with van der Waals surface area (Å²) in [5.74, 6) is 0.518. The normalized spacial score (nSPS) is 24.6. The Labute approximate surface area is 101 Å². The number of rotatable bonds is 2. The van der Waals surface area contributed by atoms with Gasteiger partial charge in [-0.15, -0.1) is 12.4 Å². The molecule has 16 heavy (non-hydrogen) atoms. The number of halogens is 2. The van der Waals surface area contributed by atoms with Gasteiger partial charge in [0.25, 0.3) is 0 Å². The van der Waals surface area contributed by atoms with Crippen LogP contribution in [0.5, 0.6) is 5.75 Å². The molecule has 2 rings (SSSR count). The topological polar surface area (TPSA) is 35.2 Å². The average Bonchev–Trinajstić information content (AvgIpc) is 2.25. The molecule has 0 bridgehead atoms. The van der Waals surface area contributed by atoms with E-state index >= 15 is 0 Å². The van der Waals surface area contributed by atoms with Gasteiger partial charge in [0.15, 0.2) is 0 Å². The number of hydrogen-bond acceptors (Lipinski definition) is 2. The van der Waals surface area contributed by atoms with Crippen molar-refractivity contribution in [2.75, 3.05) is 0 Å². The first-order valence-electron chi connectivity index (χ1n) is 5.42. The molecule has 1 saturated carbocycles. The first kappa shape index (κ1) is 13.3. The lowest BCUT2D eigenvalue weighted by molar-refractivity contribution is 0.147. The highest BCUT2D eigenvalue weighted by Gasteiger charge is 2.19. The Balaban J connectivity index is 0.00000128. The Bertz CT molecular complexity index is 309. The summed E-state index contributed by atoms with van der Waals surface area (Å²) in [6.07, 6.45) is 4.28. The Morgan fingerprint density at radius 3 is 2.19 bits per heavy atom. The van der Waals surface area contributed by atoms with Crippen molar-refractivity contribution in [3.63, 3.8) is 0 Å². The molecule has 2 nitrogen and oxygen atoms in total. The van der Waals surface area contributed by atoms with Crippen molar-refractivity contribution in [3.05, 3.63) is 30.1 Å². The molecule has 0 heterocycles. The van der Waals surface area contributed by atoms with Gasteiger partial charge in [-0.25, -0.2) is 4.39 Å². The van der Waals surface area contributed by atoms with Crippen LogP contribution in [0, 0.1) is 5.82 Å². The highest BCUT2D eigenvalue weighted by atomic mass is 35.5. The van der Waals surface area contributed by atoms with Crippen LogP contribution in [0.25, 0.3) is 0 Å². The van der Waals surface area contributed by atoms with Gasteiger partial charge in [0.05, 0.1) is 6.10 Å². The summed E-state index contributed by atoms with van der Waals surface area (Å²) in [6, 6.07) is 6.51. The summed E-state index contributed by atoms with van der Waals surface area (Å²) in [4.78, 5) is 0. The summed E-state index contributed by atoms with van der Waals surface area (Å²) in [5, 5.41) is 0. The maximum atomic E-state index is 12.6. The lowest BCUT2D eigenvalue weighted by Crippen LogP contribution is -2.31. The van der Waals surface area contributed by atoms with E-state index in [1.54, 1.807) is 12.1 Å². The lowest BCUT2D eigenvalue weighted by atomic mass is 9.94. The summed E-state index contributed by atoms with van der Waals surface area (Å²) >= 11 is 0. The van der Waals surface area contributed by atoms with Crippen molar-refractivity contribution >= 4 is 12.4 Å². The smallest absolute Gasteiger partial charge is 0.123 e. The highest BCUT2D eigenvalue weighted by molar-refractivity contribution is 5.85. The van der Waals surface area contributed by atoms with Crippen molar-refractivity contribution in [3.8, 4) is 5.75 Å². The highest BCUT2D eigenvalue weighted by Crippen LogP contribution is 2.22. The largest absolute Gasteiger partial charge is 0.490 e. The molecule has 0 spiro atoms. The standard InChI is InChI=1S/C12H16FNO.ClH/c13-9-1-5-11(6-2-9)15-12-7-3-10(14)4-8-12;/h1-2,5-6,10,12H,3-4,7-8,14H2;1H. The van der Waals surface area contributed by atoms with E-state index in [2.05, 4.69) is 0 Å². The molecule has 0 atom stereocenters. The van der Waals surface area contributed by atoms with E-state index in [-0.39, 0.29) is 24.3 Å². The second-order valence-electron chi connectivity index (χ2n) is 4.11. The number of benzene rings is 1. The molecule has 0 radical (unpaired) electrons. The third kappa shape index (κ3) is 3.65. The van der Waals surface area contributed by atoms with E-state index < -0.39 is 0 Å². The molecule has 0 saturated heterocycles. The van der Waals surface area contributed by atoms with Gasteiger partial charge in [-0.1, -0.05) is 0 Å². The number of ether oxygens (including phenoxy) is 1. The molecule has 0 unspecified atom stereocenters. The van der Waals surface area contributed by atoms with E-state index in [9.17, 15) is 4.39 Å². The molecule has 1 aromatic rings. The van der Waals surface area contributed by atoms with Crippen LogP contribution in [-0.4, -0.2) is 12.1 Å². The Morgan fingerprint density at radius 2 is 1.62 bits per heavy atom. The fourth-order valence-electron chi connectivity index (χ4n) is 1.91. The zero-order valence-corrected chi connectivity index (χ0v) is 9.88. The predicted octanol–water partition coefficient (Wildman–Crippen LogP) is 2.90. The minimum Gasteiger partial charge on any atom is -0.490 e. The van der Waals surface area contributed by atoms with Gasteiger partial charge in [-0.3, -0.25) is 0 Å². The molecule has 90 valence electrons. The van der Waals surface area contributed by atoms with Crippen LogP contribution in [0.1, 0.15) is 25.7 Å². The summed E-state index contributed by atoms with van der Waals surface area (Å²) in [5.41, 5.74) is 5.81. The molecule has 0 amide bonds. The summed E-state index contributed by atoms with van der Waals surface area (Å²) < 4.78 is 18.4. The quantitative estimate of drug-likeness (QED) is 0.870. The van der Waals surface area contributed by atoms with E-state index in [0.29, 0.717) is 6.04 Å². The van der Waals surface area contributed by atoms with Gasteiger partial charge in [0, 0.05) is 6.04 Å². The second kappa shape index (κ2) is 6.06. The van der Waals surface area contributed by atoms with E-state index in [1.165, 1.54) is 12.1 Å². The average molecular weight is 246 g/mol. The molecular formula is C12H17ClFNO. The molecule has 1 aromatic carbocycles. The van der Waals surface area contributed by atoms with Gasteiger partial charge in [0.2, 0.25) is 0 Å². The molecule has 1 aliphatic carbocycles. The van der Waals surface area contributed by atoms with Crippen molar-refractivity contribution in [1.82, 2.24) is 0 Å². The predicted molar refractivity (Wildman–Crippen MR) is 64.5 cm³/mol. The number of hydrogen-bond donors (Lipinski definition) is 1. The molecule has 0 aromatic heterocycles. The van der Waals surface area contributed by atoms with Crippen molar-refractivity contribution < 1.29 is 9.13 Å². The first-order chi connectivity index (χ1) is 7.24. The van der Waals surface area contributed by atoms with Gasteiger partial charge in [0.1, 0.15) is 11.6 Å². The van der Waals surface area contributed by atoms with E-state index in [0.717, 1.165) is 31.4 Å². The minimum atomic E-state index is -0.229. The summed E-state index contributed by atoms with van der Waals surface area (Å²) in [7, 11) is 0. The van der Waals surface area contributed by atoms with Crippen molar-refractivity contribution in [1.29, 1.82) is 0 Å². The van der Waals surface area contributed by atoms with Crippen molar-refractivity contribution in [2.24, 2.45) is 5.73 Å². The Kier molecular flexibility index (Phi) is 5.03. The first-order valence-corrected chi connectivity index (χ1v) is 5.42.